The van der Waals surface area contributed by atoms with Crippen LogP contribution in [0.3, 0.4) is 0 Å². The summed E-state index contributed by atoms with van der Waals surface area (Å²) in [6, 6.07) is 3.56. The van der Waals surface area contributed by atoms with E-state index in [2.05, 4.69) is 20.2 Å². The Morgan fingerprint density at radius 1 is 1.47 bits per heavy atom. The summed E-state index contributed by atoms with van der Waals surface area (Å²) in [5.41, 5.74) is 6.51. The molecule has 0 aliphatic rings. The van der Waals surface area contributed by atoms with Crippen LogP contribution >= 0.6 is 11.8 Å². The molecule has 0 aliphatic carbocycles. The first kappa shape index (κ1) is 9.48. The van der Waals surface area contributed by atoms with Crippen molar-refractivity contribution in [1.29, 1.82) is 5.26 Å². The second kappa shape index (κ2) is 3.98. The number of nitrogens with two attached hydrogens (primary N) is 1. The number of nitrogens with zero attached hydrogens (tertiary/aromatic N) is 4. The molecule has 0 aliphatic heterocycles. The molecule has 6 nitrogen and oxygen atoms in total. The minimum atomic E-state index is 0.362. The number of rotatable bonds is 2. The zero-order valence-electron chi connectivity index (χ0n) is 7.51. The molecule has 2 aromatic heterocycles. The molecule has 0 fully saturated rings. The molecule has 15 heavy (non-hydrogen) atoms. The van der Waals surface area contributed by atoms with Crippen LogP contribution in [-0.4, -0.2) is 20.2 Å². The first-order valence-electron chi connectivity index (χ1n) is 3.99. The summed E-state index contributed by atoms with van der Waals surface area (Å²) >= 11 is 1.23. The number of pyridine rings is 1. The molecule has 0 atom stereocenters. The molecule has 2 rings (SSSR count). The van der Waals surface area contributed by atoms with Gasteiger partial charge in [0.15, 0.2) is 5.16 Å². The number of nitrogens with one attached hydrogen (secondary N) is 1. The van der Waals surface area contributed by atoms with E-state index in [4.69, 9.17) is 11.0 Å². The summed E-state index contributed by atoms with van der Waals surface area (Å²) in [4.78, 5) is 7.99. The monoisotopic (exact) mass is 218 g/mol. The molecule has 0 bridgehead atoms. The lowest BCUT2D eigenvalue weighted by Crippen LogP contribution is -1.95. The lowest BCUT2D eigenvalue weighted by atomic mass is 10.2. The quantitative estimate of drug-likeness (QED) is 0.772. The fraction of sp³-hybridized carbons (Fsp3) is 0. The molecular formula is C8H6N6S. The van der Waals surface area contributed by atoms with Crippen molar-refractivity contribution in [3.8, 4) is 6.07 Å². The van der Waals surface area contributed by atoms with E-state index in [-0.39, 0.29) is 0 Å². The Hall–Kier alpha value is -2.07. The predicted octanol–water partition coefficient (Wildman–Crippen LogP) is 0.805. The molecule has 0 unspecified atom stereocenters. The van der Waals surface area contributed by atoms with Crippen molar-refractivity contribution < 1.29 is 0 Å². The molecule has 0 saturated carbocycles. The SMILES string of the molecule is N#Cc1ccnc(Sc2ncn[nH]2)c1N. The third-order valence-corrected chi connectivity index (χ3v) is 2.57. The van der Waals surface area contributed by atoms with Crippen molar-refractivity contribution in [3.05, 3.63) is 24.2 Å². The first-order valence-corrected chi connectivity index (χ1v) is 4.80. The van der Waals surface area contributed by atoms with Crippen molar-refractivity contribution in [2.75, 3.05) is 5.73 Å². The zero-order chi connectivity index (χ0) is 10.7. The maximum atomic E-state index is 8.77. The second-order valence-corrected chi connectivity index (χ2v) is 3.56. The van der Waals surface area contributed by atoms with E-state index in [9.17, 15) is 0 Å². The highest BCUT2D eigenvalue weighted by atomic mass is 32.2. The highest BCUT2D eigenvalue weighted by molar-refractivity contribution is 7.99. The zero-order valence-corrected chi connectivity index (χ0v) is 8.32. The summed E-state index contributed by atoms with van der Waals surface area (Å²) < 4.78 is 0. The smallest absolute Gasteiger partial charge is 0.189 e. The van der Waals surface area contributed by atoms with Crippen LogP contribution in [0, 0.1) is 11.3 Å². The number of nitrogen functional groups attached to an aromatic ring is 1. The van der Waals surface area contributed by atoms with Gasteiger partial charge in [-0.25, -0.2) is 9.97 Å². The van der Waals surface area contributed by atoms with Crippen LogP contribution in [-0.2, 0) is 0 Å². The Morgan fingerprint density at radius 3 is 3.00 bits per heavy atom. The first-order chi connectivity index (χ1) is 7.31. The second-order valence-electron chi connectivity index (χ2n) is 2.58. The van der Waals surface area contributed by atoms with Crippen LogP contribution in [0.4, 0.5) is 5.69 Å². The van der Waals surface area contributed by atoms with Gasteiger partial charge >= 0.3 is 0 Å². The lowest BCUT2D eigenvalue weighted by Gasteiger charge is -2.02. The number of nitriles is 1. The topological polar surface area (TPSA) is 104 Å². The van der Waals surface area contributed by atoms with E-state index >= 15 is 0 Å². The number of aromatic nitrogens is 4. The minimum absolute atomic E-state index is 0.362. The van der Waals surface area contributed by atoms with E-state index in [0.29, 0.717) is 21.4 Å². The van der Waals surface area contributed by atoms with Gasteiger partial charge in [0.25, 0.3) is 0 Å². The summed E-state index contributed by atoms with van der Waals surface area (Å²) in [7, 11) is 0. The van der Waals surface area contributed by atoms with Crippen LogP contribution in [0.5, 0.6) is 0 Å². The van der Waals surface area contributed by atoms with Crippen molar-refractivity contribution >= 4 is 17.4 Å². The van der Waals surface area contributed by atoms with E-state index in [1.807, 2.05) is 6.07 Å². The number of H-pyrrole nitrogens is 1. The third kappa shape index (κ3) is 1.89. The van der Waals surface area contributed by atoms with Crippen molar-refractivity contribution in [1.82, 2.24) is 20.2 Å². The molecule has 7 heteroatoms. The summed E-state index contributed by atoms with van der Waals surface area (Å²) in [5.74, 6) is 0. The largest absolute Gasteiger partial charge is 0.395 e. The van der Waals surface area contributed by atoms with Crippen LogP contribution in [0.15, 0.2) is 28.8 Å². The Bertz CT molecular complexity index is 500. The van der Waals surface area contributed by atoms with Gasteiger partial charge in [-0.1, -0.05) is 0 Å². The Labute approximate surface area is 89.5 Å². The van der Waals surface area contributed by atoms with Gasteiger partial charge in [0.2, 0.25) is 0 Å². The van der Waals surface area contributed by atoms with Crippen LogP contribution in [0.1, 0.15) is 5.56 Å². The van der Waals surface area contributed by atoms with E-state index in [1.165, 1.54) is 24.3 Å². The molecule has 0 radical (unpaired) electrons. The van der Waals surface area contributed by atoms with E-state index < -0.39 is 0 Å². The summed E-state index contributed by atoms with van der Waals surface area (Å²) in [5, 5.41) is 16.3. The van der Waals surface area contributed by atoms with Gasteiger partial charge in [-0.2, -0.15) is 10.4 Å². The van der Waals surface area contributed by atoms with Crippen LogP contribution < -0.4 is 5.73 Å². The fourth-order valence-electron chi connectivity index (χ4n) is 0.968. The van der Waals surface area contributed by atoms with Crippen molar-refractivity contribution in [2.24, 2.45) is 0 Å². The number of aromatic amines is 1. The molecule has 0 spiro atoms. The van der Waals surface area contributed by atoms with Gasteiger partial charge in [0.05, 0.1) is 11.3 Å². The highest BCUT2D eigenvalue weighted by Crippen LogP contribution is 2.28. The number of hydrogen-bond acceptors (Lipinski definition) is 6. The predicted molar refractivity (Wildman–Crippen MR) is 53.9 cm³/mol. The molecule has 2 aromatic rings. The average molecular weight is 218 g/mol. The van der Waals surface area contributed by atoms with Crippen molar-refractivity contribution in [3.63, 3.8) is 0 Å². The standard InChI is InChI=1S/C8H6N6S/c9-3-5-1-2-11-7(6(5)10)15-8-12-4-13-14-8/h1-2,4H,10H2,(H,12,13,14). The summed E-state index contributed by atoms with van der Waals surface area (Å²) in [6.07, 6.45) is 2.93. The number of hydrogen-bond donors (Lipinski definition) is 2. The molecular weight excluding hydrogens is 212 g/mol. The Morgan fingerprint density at radius 2 is 2.33 bits per heavy atom. The van der Waals surface area contributed by atoms with Gasteiger partial charge < -0.3 is 5.73 Å². The van der Waals surface area contributed by atoms with Gasteiger partial charge in [-0.15, -0.1) is 0 Å². The summed E-state index contributed by atoms with van der Waals surface area (Å²) in [6.45, 7) is 0. The maximum Gasteiger partial charge on any atom is 0.189 e. The lowest BCUT2D eigenvalue weighted by molar-refractivity contribution is 0.968. The molecule has 3 N–H and O–H groups in total. The molecule has 0 amide bonds. The molecule has 0 aromatic carbocycles. The van der Waals surface area contributed by atoms with Gasteiger partial charge in [-0.3, -0.25) is 5.10 Å². The Balaban J connectivity index is 2.34. The third-order valence-electron chi connectivity index (χ3n) is 1.66. The van der Waals surface area contributed by atoms with Gasteiger partial charge in [-0.05, 0) is 17.8 Å². The normalized spacial score (nSPS) is 9.80. The fourth-order valence-corrected chi connectivity index (χ4v) is 1.68. The Kier molecular flexibility index (Phi) is 2.51. The van der Waals surface area contributed by atoms with Crippen LogP contribution in [0.2, 0.25) is 0 Å². The van der Waals surface area contributed by atoms with E-state index in [1.54, 1.807) is 6.07 Å². The molecule has 74 valence electrons. The van der Waals surface area contributed by atoms with E-state index in [0.717, 1.165) is 0 Å². The minimum Gasteiger partial charge on any atom is -0.395 e. The highest BCUT2D eigenvalue weighted by Gasteiger charge is 2.08. The molecule has 2 heterocycles. The average Bonchev–Trinajstić information content (AvgIpc) is 2.74. The van der Waals surface area contributed by atoms with Crippen molar-refractivity contribution in [2.45, 2.75) is 10.2 Å². The van der Waals surface area contributed by atoms with Gasteiger partial charge in [0.1, 0.15) is 17.4 Å². The maximum absolute atomic E-state index is 8.77. The van der Waals surface area contributed by atoms with Gasteiger partial charge in [0, 0.05) is 6.20 Å². The number of anilines is 1. The molecule has 0 saturated heterocycles. The van der Waals surface area contributed by atoms with Crippen LogP contribution in [0.25, 0.3) is 0 Å².